The molecule has 3 rings (SSSR count). The fourth-order valence-electron chi connectivity index (χ4n) is 3.25. The number of anilines is 2. The number of carbonyl (C=O) groups excluding carboxylic acids is 2. The molecule has 1 N–H and O–H groups in total. The molecule has 2 aromatic carbocycles. The number of rotatable bonds is 5. The van der Waals surface area contributed by atoms with Gasteiger partial charge in [-0.05, 0) is 42.3 Å². The molecule has 7 heteroatoms. The minimum atomic E-state index is -1.09. The molecule has 1 aliphatic rings. The van der Waals surface area contributed by atoms with Crippen molar-refractivity contribution >= 4 is 46.4 Å². The molecule has 0 radical (unpaired) electrons. The Morgan fingerprint density at radius 3 is 2.25 bits per heavy atom. The average molecular weight is 420 g/mol. The number of hydrogen-bond donors (Lipinski definition) is 1. The molecule has 2 aromatic rings. The van der Waals surface area contributed by atoms with Crippen LogP contribution in [0.1, 0.15) is 11.1 Å². The third-order valence-corrected chi connectivity index (χ3v) is 5.33. The largest absolute Gasteiger partial charge is 0.368 e. The van der Waals surface area contributed by atoms with Gasteiger partial charge in [0.25, 0.3) is 5.91 Å². The highest BCUT2D eigenvalue weighted by atomic mass is 35.5. The van der Waals surface area contributed by atoms with Crippen molar-refractivity contribution in [2.45, 2.75) is 18.2 Å². The summed E-state index contributed by atoms with van der Waals surface area (Å²) in [4.78, 5) is 27.2. The third-order valence-electron chi connectivity index (χ3n) is 4.93. The lowest BCUT2D eigenvalue weighted by Crippen LogP contribution is -2.49. The average Bonchev–Trinajstić information content (AvgIpc) is 2.70. The van der Waals surface area contributed by atoms with Crippen molar-refractivity contribution in [3.63, 3.8) is 0 Å². The minimum Gasteiger partial charge on any atom is -0.368 e. The van der Waals surface area contributed by atoms with Crippen LogP contribution in [0.3, 0.4) is 0 Å². The van der Waals surface area contributed by atoms with Crippen molar-refractivity contribution in [2.75, 3.05) is 36.4 Å². The molecule has 2 amide bonds. The zero-order chi connectivity index (χ0) is 20.1. The SMILES string of the molecule is Cc1ccccc1CC(=O)N1CCN(c2ccc(NC(=O)C(Cl)Cl)cc2)CC1. The van der Waals surface area contributed by atoms with Crippen LogP contribution in [0.2, 0.25) is 0 Å². The van der Waals surface area contributed by atoms with Crippen molar-refractivity contribution in [2.24, 2.45) is 0 Å². The van der Waals surface area contributed by atoms with Crippen LogP contribution >= 0.6 is 23.2 Å². The smallest absolute Gasteiger partial charge is 0.257 e. The summed E-state index contributed by atoms with van der Waals surface area (Å²) in [6, 6.07) is 15.5. The van der Waals surface area contributed by atoms with Gasteiger partial charge in [0, 0.05) is 37.6 Å². The maximum absolute atomic E-state index is 12.6. The molecule has 28 heavy (non-hydrogen) atoms. The molecular formula is C21H23Cl2N3O2. The van der Waals surface area contributed by atoms with Crippen molar-refractivity contribution in [3.8, 4) is 0 Å². The number of hydrogen-bond acceptors (Lipinski definition) is 3. The second-order valence-electron chi connectivity index (χ2n) is 6.81. The molecule has 148 valence electrons. The summed E-state index contributed by atoms with van der Waals surface area (Å²) in [6.07, 6.45) is 0.448. The molecule has 1 saturated heterocycles. The second-order valence-corrected chi connectivity index (χ2v) is 7.90. The van der Waals surface area contributed by atoms with Gasteiger partial charge in [0.05, 0.1) is 6.42 Å². The van der Waals surface area contributed by atoms with Gasteiger partial charge in [-0.15, -0.1) is 0 Å². The molecule has 0 bridgehead atoms. The number of piperazine rings is 1. The first-order valence-corrected chi connectivity index (χ1v) is 10.1. The Kier molecular flexibility index (Phi) is 6.81. The fraction of sp³-hybridized carbons (Fsp3) is 0.333. The Balaban J connectivity index is 1.53. The maximum Gasteiger partial charge on any atom is 0.257 e. The predicted molar refractivity (Wildman–Crippen MR) is 114 cm³/mol. The van der Waals surface area contributed by atoms with Gasteiger partial charge in [-0.25, -0.2) is 0 Å². The highest BCUT2D eigenvalue weighted by molar-refractivity contribution is 6.54. The molecule has 1 aliphatic heterocycles. The number of aryl methyl sites for hydroxylation is 1. The lowest BCUT2D eigenvalue weighted by molar-refractivity contribution is -0.130. The van der Waals surface area contributed by atoms with Crippen LogP contribution in [0.15, 0.2) is 48.5 Å². The van der Waals surface area contributed by atoms with E-state index in [-0.39, 0.29) is 5.91 Å². The Hall–Kier alpha value is -2.24. The lowest BCUT2D eigenvalue weighted by Gasteiger charge is -2.36. The van der Waals surface area contributed by atoms with Gasteiger partial charge in [0.2, 0.25) is 5.91 Å². The number of benzene rings is 2. The monoisotopic (exact) mass is 419 g/mol. The first-order valence-electron chi connectivity index (χ1n) is 9.20. The first-order chi connectivity index (χ1) is 13.4. The van der Waals surface area contributed by atoms with Crippen LogP contribution in [0, 0.1) is 6.92 Å². The second kappa shape index (κ2) is 9.30. The molecule has 1 fully saturated rings. The highest BCUT2D eigenvalue weighted by Crippen LogP contribution is 2.21. The summed E-state index contributed by atoms with van der Waals surface area (Å²) in [5.74, 6) is -0.277. The van der Waals surface area contributed by atoms with Crippen LogP contribution in [-0.4, -0.2) is 47.7 Å². The van der Waals surface area contributed by atoms with E-state index in [0.29, 0.717) is 25.2 Å². The number of alkyl halides is 2. The molecule has 1 heterocycles. The van der Waals surface area contributed by atoms with E-state index in [0.717, 1.165) is 29.9 Å². The van der Waals surface area contributed by atoms with Crippen molar-refractivity contribution < 1.29 is 9.59 Å². The van der Waals surface area contributed by atoms with E-state index < -0.39 is 10.7 Å². The Morgan fingerprint density at radius 1 is 1.00 bits per heavy atom. The zero-order valence-electron chi connectivity index (χ0n) is 15.7. The van der Waals surface area contributed by atoms with Gasteiger partial charge >= 0.3 is 0 Å². The van der Waals surface area contributed by atoms with E-state index in [1.165, 1.54) is 0 Å². The van der Waals surface area contributed by atoms with Gasteiger partial charge in [-0.3, -0.25) is 9.59 Å². The molecule has 0 aliphatic carbocycles. The van der Waals surface area contributed by atoms with E-state index in [9.17, 15) is 9.59 Å². The normalized spacial score (nSPS) is 14.3. The fourth-order valence-corrected chi connectivity index (χ4v) is 3.36. The van der Waals surface area contributed by atoms with Gasteiger partial charge in [0.1, 0.15) is 0 Å². The number of amides is 2. The minimum absolute atomic E-state index is 0.170. The molecule has 0 aromatic heterocycles. The van der Waals surface area contributed by atoms with E-state index in [1.807, 2.05) is 60.4 Å². The summed E-state index contributed by atoms with van der Waals surface area (Å²) in [6.45, 7) is 4.98. The van der Waals surface area contributed by atoms with Crippen LogP contribution in [-0.2, 0) is 16.0 Å². The van der Waals surface area contributed by atoms with E-state index in [4.69, 9.17) is 23.2 Å². The molecule has 0 atom stereocenters. The van der Waals surface area contributed by atoms with Crippen LogP contribution in [0.4, 0.5) is 11.4 Å². The zero-order valence-corrected chi connectivity index (χ0v) is 17.2. The van der Waals surface area contributed by atoms with Gasteiger partial charge in [-0.2, -0.15) is 0 Å². The Labute approximate surface area is 175 Å². The third kappa shape index (κ3) is 5.18. The van der Waals surface area contributed by atoms with E-state index in [1.54, 1.807) is 0 Å². The van der Waals surface area contributed by atoms with Crippen LogP contribution < -0.4 is 10.2 Å². The Morgan fingerprint density at radius 2 is 1.64 bits per heavy atom. The van der Waals surface area contributed by atoms with Crippen LogP contribution in [0.5, 0.6) is 0 Å². The van der Waals surface area contributed by atoms with Crippen molar-refractivity contribution in [1.29, 1.82) is 0 Å². The maximum atomic E-state index is 12.6. The summed E-state index contributed by atoms with van der Waals surface area (Å²) >= 11 is 11.1. The van der Waals surface area contributed by atoms with E-state index in [2.05, 4.69) is 10.2 Å². The van der Waals surface area contributed by atoms with Gasteiger partial charge in [0.15, 0.2) is 4.84 Å². The Bertz CT molecular complexity index is 832. The molecular weight excluding hydrogens is 397 g/mol. The van der Waals surface area contributed by atoms with E-state index >= 15 is 0 Å². The molecule has 0 spiro atoms. The van der Waals surface area contributed by atoms with Crippen molar-refractivity contribution in [1.82, 2.24) is 4.90 Å². The summed E-state index contributed by atoms with van der Waals surface area (Å²) < 4.78 is 0. The highest BCUT2D eigenvalue weighted by Gasteiger charge is 2.22. The van der Waals surface area contributed by atoms with Crippen LogP contribution in [0.25, 0.3) is 0 Å². The van der Waals surface area contributed by atoms with Gasteiger partial charge < -0.3 is 15.1 Å². The molecule has 0 unspecified atom stereocenters. The standard InChI is InChI=1S/C21H23Cl2N3O2/c1-15-4-2-3-5-16(15)14-19(27)26-12-10-25(11-13-26)18-8-6-17(7-9-18)24-21(28)20(22)23/h2-9,20H,10-14H2,1H3,(H,24,28). The number of halogens is 2. The number of nitrogens with one attached hydrogen (secondary N) is 1. The number of carbonyl (C=O) groups is 2. The lowest BCUT2D eigenvalue weighted by atomic mass is 10.1. The topological polar surface area (TPSA) is 52.7 Å². The summed E-state index contributed by atoms with van der Waals surface area (Å²) in [5, 5.41) is 2.65. The number of nitrogens with zero attached hydrogens (tertiary/aromatic N) is 2. The first kappa shape index (κ1) is 20.5. The summed E-state index contributed by atoms with van der Waals surface area (Å²) in [5.41, 5.74) is 3.93. The molecule has 0 saturated carbocycles. The van der Waals surface area contributed by atoms with Crippen molar-refractivity contribution in [3.05, 3.63) is 59.7 Å². The van der Waals surface area contributed by atoms with Gasteiger partial charge in [-0.1, -0.05) is 47.5 Å². The summed E-state index contributed by atoms with van der Waals surface area (Å²) in [7, 11) is 0. The molecule has 5 nitrogen and oxygen atoms in total. The quantitative estimate of drug-likeness (QED) is 0.752. The predicted octanol–water partition coefficient (Wildman–Crippen LogP) is 3.63.